The predicted octanol–water partition coefficient (Wildman–Crippen LogP) is 3.13. The van der Waals surface area contributed by atoms with Gasteiger partial charge in [-0.25, -0.2) is 0 Å². The molecule has 0 saturated heterocycles. The number of methoxy groups -OCH3 is 1. The molecular formula is C15H19NO. The molecule has 2 nitrogen and oxygen atoms in total. The van der Waals surface area contributed by atoms with Crippen LogP contribution < -0.4 is 10.5 Å². The highest BCUT2D eigenvalue weighted by molar-refractivity contribution is 5.87. The summed E-state index contributed by atoms with van der Waals surface area (Å²) in [5.74, 6) is 0.898. The molecular weight excluding hydrogens is 210 g/mol. The van der Waals surface area contributed by atoms with Gasteiger partial charge in [-0.15, -0.1) is 0 Å². The lowest BCUT2D eigenvalue weighted by Gasteiger charge is -2.12. The Morgan fingerprint density at radius 1 is 1.24 bits per heavy atom. The van der Waals surface area contributed by atoms with Gasteiger partial charge in [-0.1, -0.05) is 31.2 Å². The Bertz CT molecular complexity index is 507. The van der Waals surface area contributed by atoms with Crippen LogP contribution in [0.15, 0.2) is 36.4 Å². The van der Waals surface area contributed by atoms with Crippen LogP contribution in [0.25, 0.3) is 10.8 Å². The number of nitrogens with two attached hydrogens (primary N) is 1. The minimum Gasteiger partial charge on any atom is -0.497 e. The molecule has 0 aromatic heterocycles. The molecule has 0 spiro atoms. The molecule has 2 heteroatoms. The van der Waals surface area contributed by atoms with Crippen LogP contribution in [0.4, 0.5) is 0 Å². The van der Waals surface area contributed by atoms with Crippen molar-refractivity contribution in [2.24, 2.45) is 5.73 Å². The molecule has 0 aliphatic carbocycles. The van der Waals surface area contributed by atoms with Gasteiger partial charge in [0.05, 0.1) is 7.11 Å². The number of benzene rings is 2. The van der Waals surface area contributed by atoms with Crippen molar-refractivity contribution in [3.8, 4) is 5.75 Å². The Balaban J connectivity index is 2.46. The quantitative estimate of drug-likeness (QED) is 0.874. The summed E-state index contributed by atoms with van der Waals surface area (Å²) in [5.41, 5.74) is 7.34. The van der Waals surface area contributed by atoms with E-state index >= 15 is 0 Å². The maximum atomic E-state index is 6.04. The molecule has 1 atom stereocenters. The number of hydrogen-bond acceptors (Lipinski definition) is 2. The van der Waals surface area contributed by atoms with Crippen LogP contribution in [0.5, 0.6) is 5.75 Å². The van der Waals surface area contributed by atoms with Crippen molar-refractivity contribution in [1.82, 2.24) is 0 Å². The summed E-state index contributed by atoms with van der Waals surface area (Å²) in [6.07, 6.45) is 1.92. The maximum Gasteiger partial charge on any atom is 0.119 e. The van der Waals surface area contributed by atoms with E-state index in [1.807, 2.05) is 6.07 Å². The molecule has 0 unspecified atom stereocenters. The lowest BCUT2D eigenvalue weighted by Crippen LogP contribution is -2.21. The van der Waals surface area contributed by atoms with E-state index in [9.17, 15) is 0 Å². The highest BCUT2D eigenvalue weighted by atomic mass is 16.5. The minimum absolute atomic E-state index is 0.229. The van der Waals surface area contributed by atoms with Crippen molar-refractivity contribution in [3.63, 3.8) is 0 Å². The minimum atomic E-state index is 0.229. The molecule has 0 radical (unpaired) electrons. The molecule has 2 aromatic rings. The van der Waals surface area contributed by atoms with Gasteiger partial charge in [0.15, 0.2) is 0 Å². The van der Waals surface area contributed by atoms with Gasteiger partial charge in [0.1, 0.15) is 5.75 Å². The van der Waals surface area contributed by atoms with Crippen molar-refractivity contribution >= 4 is 10.8 Å². The van der Waals surface area contributed by atoms with E-state index in [1.54, 1.807) is 7.11 Å². The number of rotatable bonds is 4. The Labute approximate surface area is 102 Å². The Morgan fingerprint density at radius 2 is 2.06 bits per heavy atom. The molecule has 0 saturated carbocycles. The van der Waals surface area contributed by atoms with Crippen molar-refractivity contribution < 1.29 is 4.74 Å². The Hall–Kier alpha value is -1.54. The van der Waals surface area contributed by atoms with Crippen LogP contribution in [-0.2, 0) is 6.42 Å². The van der Waals surface area contributed by atoms with Crippen molar-refractivity contribution in [2.45, 2.75) is 25.8 Å². The summed E-state index contributed by atoms with van der Waals surface area (Å²) in [4.78, 5) is 0. The topological polar surface area (TPSA) is 35.2 Å². The molecule has 0 fully saturated rings. The first kappa shape index (κ1) is 11.9. The first-order valence-electron chi connectivity index (χ1n) is 6.05. The summed E-state index contributed by atoms with van der Waals surface area (Å²) >= 11 is 0. The second-order valence-electron chi connectivity index (χ2n) is 4.38. The van der Waals surface area contributed by atoms with E-state index in [0.717, 1.165) is 18.6 Å². The first-order valence-corrected chi connectivity index (χ1v) is 6.05. The average molecular weight is 229 g/mol. The number of hydrogen-bond donors (Lipinski definition) is 1. The fourth-order valence-electron chi connectivity index (χ4n) is 2.05. The van der Waals surface area contributed by atoms with Gasteiger partial charge in [-0.3, -0.25) is 0 Å². The van der Waals surface area contributed by atoms with E-state index in [0.29, 0.717) is 0 Å². The smallest absolute Gasteiger partial charge is 0.119 e. The fraction of sp³-hybridized carbons (Fsp3) is 0.333. The first-order chi connectivity index (χ1) is 8.24. The molecule has 17 heavy (non-hydrogen) atoms. The average Bonchev–Trinajstić information content (AvgIpc) is 2.38. The zero-order valence-electron chi connectivity index (χ0n) is 10.4. The third kappa shape index (κ3) is 2.59. The molecule has 0 bridgehead atoms. The Morgan fingerprint density at radius 3 is 2.76 bits per heavy atom. The molecule has 2 rings (SSSR count). The summed E-state index contributed by atoms with van der Waals surface area (Å²) in [5, 5.41) is 2.49. The standard InChI is InChI=1S/C15H19NO/c1-3-13(16)9-12-6-4-5-11-7-8-14(17-2)10-15(11)12/h4-8,10,13H,3,9,16H2,1-2H3/t13-/m0/s1. The maximum absolute atomic E-state index is 6.04. The zero-order chi connectivity index (χ0) is 12.3. The van der Waals surface area contributed by atoms with Crippen LogP contribution >= 0.6 is 0 Å². The zero-order valence-corrected chi connectivity index (χ0v) is 10.4. The molecule has 2 N–H and O–H groups in total. The van der Waals surface area contributed by atoms with Crippen molar-refractivity contribution in [2.75, 3.05) is 7.11 Å². The van der Waals surface area contributed by atoms with Gasteiger partial charge in [0, 0.05) is 6.04 Å². The van der Waals surface area contributed by atoms with Crippen LogP contribution in [0.1, 0.15) is 18.9 Å². The van der Waals surface area contributed by atoms with Gasteiger partial charge in [0.2, 0.25) is 0 Å². The largest absolute Gasteiger partial charge is 0.497 e. The molecule has 90 valence electrons. The highest BCUT2D eigenvalue weighted by Crippen LogP contribution is 2.24. The second-order valence-corrected chi connectivity index (χ2v) is 4.38. The molecule has 0 amide bonds. The van der Waals surface area contributed by atoms with Crippen LogP contribution in [0, 0.1) is 0 Å². The molecule has 0 heterocycles. The van der Waals surface area contributed by atoms with Gasteiger partial charge in [-0.2, -0.15) is 0 Å². The van der Waals surface area contributed by atoms with Crippen LogP contribution in [-0.4, -0.2) is 13.2 Å². The monoisotopic (exact) mass is 229 g/mol. The van der Waals surface area contributed by atoms with Crippen molar-refractivity contribution in [3.05, 3.63) is 42.0 Å². The number of fused-ring (bicyclic) bond motifs is 1. The van der Waals surface area contributed by atoms with Gasteiger partial charge < -0.3 is 10.5 Å². The number of ether oxygens (including phenoxy) is 1. The normalized spacial score (nSPS) is 12.6. The lowest BCUT2D eigenvalue weighted by atomic mass is 9.98. The van der Waals surface area contributed by atoms with E-state index in [4.69, 9.17) is 10.5 Å². The lowest BCUT2D eigenvalue weighted by molar-refractivity contribution is 0.415. The second kappa shape index (κ2) is 5.19. The molecule has 0 aliphatic heterocycles. The van der Waals surface area contributed by atoms with E-state index < -0.39 is 0 Å². The van der Waals surface area contributed by atoms with Crippen LogP contribution in [0.2, 0.25) is 0 Å². The van der Waals surface area contributed by atoms with Crippen LogP contribution in [0.3, 0.4) is 0 Å². The highest BCUT2D eigenvalue weighted by Gasteiger charge is 2.06. The van der Waals surface area contributed by atoms with Gasteiger partial charge >= 0.3 is 0 Å². The predicted molar refractivity (Wildman–Crippen MR) is 72.5 cm³/mol. The SMILES string of the molecule is CC[C@H](N)Cc1cccc2ccc(OC)cc12. The summed E-state index contributed by atoms with van der Waals surface area (Å²) in [6.45, 7) is 2.12. The van der Waals surface area contributed by atoms with Crippen molar-refractivity contribution in [1.29, 1.82) is 0 Å². The third-order valence-corrected chi connectivity index (χ3v) is 3.19. The Kier molecular flexibility index (Phi) is 3.64. The third-order valence-electron chi connectivity index (χ3n) is 3.19. The van der Waals surface area contributed by atoms with E-state index in [-0.39, 0.29) is 6.04 Å². The molecule has 2 aromatic carbocycles. The van der Waals surface area contributed by atoms with Gasteiger partial charge in [0.25, 0.3) is 0 Å². The summed E-state index contributed by atoms with van der Waals surface area (Å²) < 4.78 is 5.28. The van der Waals surface area contributed by atoms with E-state index in [1.165, 1.54) is 16.3 Å². The molecule has 0 aliphatic rings. The van der Waals surface area contributed by atoms with E-state index in [2.05, 4.69) is 37.3 Å². The fourth-order valence-corrected chi connectivity index (χ4v) is 2.05. The van der Waals surface area contributed by atoms with Gasteiger partial charge in [-0.05, 0) is 41.3 Å². The summed E-state index contributed by atoms with van der Waals surface area (Å²) in [7, 11) is 1.70. The summed E-state index contributed by atoms with van der Waals surface area (Å²) in [6, 6.07) is 12.8.